The molecule has 0 atom stereocenters. The normalized spacial score (nSPS) is 13.8. The van der Waals surface area contributed by atoms with Crippen LogP contribution in [0.2, 0.25) is 5.15 Å². The molecule has 2 aromatic rings. The van der Waals surface area contributed by atoms with E-state index >= 15 is 0 Å². The van der Waals surface area contributed by atoms with E-state index in [0.29, 0.717) is 16.3 Å². The number of anilines is 1. The highest BCUT2D eigenvalue weighted by Crippen LogP contribution is 2.16. The number of hydrogen-bond donors (Lipinski definition) is 2. The lowest BCUT2D eigenvalue weighted by Gasteiger charge is -1.92. The molecule has 0 saturated heterocycles. The van der Waals surface area contributed by atoms with E-state index in [-0.39, 0.29) is 5.95 Å². The number of halogens is 1. The number of nitrogens with two attached hydrogens (primary N) is 1. The summed E-state index contributed by atoms with van der Waals surface area (Å²) in [5.74, 6) is 0.134. The molecule has 0 radical (unpaired) electrons. The molecule has 1 aliphatic rings. The lowest BCUT2D eigenvalue weighted by molar-refractivity contribution is 0.929. The lowest BCUT2D eigenvalue weighted by atomic mass is 10.4. The van der Waals surface area contributed by atoms with Gasteiger partial charge in [-0.05, 0) is 19.3 Å². The van der Waals surface area contributed by atoms with Crippen LogP contribution in [0.15, 0.2) is 18.5 Å². The molecule has 1 aliphatic carbocycles. The average molecular weight is 238 g/mol. The van der Waals surface area contributed by atoms with Gasteiger partial charge in [-0.3, -0.25) is 0 Å². The summed E-state index contributed by atoms with van der Waals surface area (Å²) in [5.41, 5.74) is 6.42. The Morgan fingerprint density at radius 2 is 2.00 bits per heavy atom. The third-order valence-electron chi connectivity index (χ3n) is 2.17. The molecular formula is C10H12ClN5. The maximum absolute atomic E-state index is 5.70. The monoisotopic (exact) mass is 237 g/mol. The minimum Gasteiger partial charge on any atom is -0.368 e. The highest BCUT2D eigenvalue weighted by Gasteiger charge is 2.04. The predicted octanol–water partition coefficient (Wildman–Crippen LogP) is 2.31. The Morgan fingerprint density at radius 3 is 2.62 bits per heavy atom. The molecule has 2 heterocycles. The van der Waals surface area contributed by atoms with E-state index in [4.69, 9.17) is 17.3 Å². The number of nitrogen functional groups attached to an aromatic ring is 1. The number of aromatic nitrogens is 4. The van der Waals surface area contributed by atoms with Gasteiger partial charge in [0.25, 0.3) is 0 Å². The smallest absolute Gasteiger partial charge is 0.223 e. The minimum absolute atomic E-state index is 0.134. The van der Waals surface area contributed by atoms with Crippen molar-refractivity contribution in [3.63, 3.8) is 0 Å². The summed E-state index contributed by atoms with van der Waals surface area (Å²) < 4.78 is 0. The molecule has 0 unspecified atom stereocenters. The van der Waals surface area contributed by atoms with Gasteiger partial charge in [-0.15, -0.1) is 0 Å². The van der Waals surface area contributed by atoms with Crippen LogP contribution in [-0.4, -0.2) is 19.9 Å². The highest BCUT2D eigenvalue weighted by atomic mass is 35.5. The summed E-state index contributed by atoms with van der Waals surface area (Å²) in [6.07, 6.45) is 9.99. The van der Waals surface area contributed by atoms with Gasteiger partial charge >= 0.3 is 0 Å². The van der Waals surface area contributed by atoms with Gasteiger partial charge in [-0.25, -0.2) is 4.98 Å². The van der Waals surface area contributed by atoms with Gasteiger partial charge in [0.1, 0.15) is 5.52 Å². The lowest BCUT2D eigenvalue weighted by Crippen LogP contribution is -1.94. The number of nitrogens with zero attached hydrogens (tertiary/aromatic N) is 3. The van der Waals surface area contributed by atoms with Crippen LogP contribution in [0, 0.1) is 0 Å². The molecule has 0 saturated carbocycles. The third kappa shape index (κ3) is 2.49. The van der Waals surface area contributed by atoms with Crippen LogP contribution in [0.4, 0.5) is 5.95 Å². The van der Waals surface area contributed by atoms with E-state index in [2.05, 4.69) is 32.1 Å². The first-order valence-electron chi connectivity index (χ1n) is 5.04. The topological polar surface area (TPSA) is 80.5 Å². The summed E-state index contributed by atoms with van der Waals surface area (Å²) in [5, 5.41) is 0.296. The molecule has 0 spiro atoms. The van der Waals surface area contributed by atoms with Crippen molar-refractivity contribution in [2.75, 3.05) is 5.73 Å². The van der Waals surface area contributed by atoms with E-state index in [0.717, 1.165) is 0 Å². The van der Waals surface area contributed by atoms with Crippen molar-refractivity contribution in [3.05, 3.63) is 23.6 Å². The van der Waals surface area contributed by atoms with Gasteiger partial charge in [-0.1, -0.05) is 23.8 Å². The number of imidazole rings is 1. The first-order chi connectivity index (χ1) is 7.77. The van der Waals surface area contributed by atoms with Gasteiger partial charge in [0.2, 0.25) is 5.95 Å². The molecule has 0 aliphatic heterocycles. The molecule has 0 amide bonds. The molecule has 84 valence electrons. The summed E-state index contributed by atoms with van der Waals surface area (Å²) in [4.78, 5) is 14.2. The maximum Gasteiger partial charge on any atom is 0.223 e. The summed E-state index contributed by atoms with van der Waals surface area (Å²) >= 11 is 5.70. The van der Waals surface area contributed by atoms with Crippen molar-refractivity contribution < 1.29 is 0 Å². The number of fused-ring (bicyclic) bond motifs is 1. The molecule has 3 rings (SSSR count). The Morgan fingerprint density at radius 1 is 1.25 bits per heavy atom. The zero-order valence-corrected chi connectivity index (χ0v) is 9.41. The van der Waals surface area contributed by atoms with Crippen LogP contribution in [0.5, 0.6) is 0 Å². The quantitative estimate of drug-likeness (QED) is 0.544. The van der Waals surface area contributed by atoms with Crippen LogP contribution in [0.25, 0.3) is 11.2 Å². The molecule has 0 bridgehead atoms. The second-order valence-corrected chi connectivity index (χ2v) is 3.73. The van der Waals surface area contributed by atoms with Crippen LogP contribution in [0.1, 0.15) is 19.3 Å². The van der Waals surface area contributed by atoms with Crippen LogP contribution in [-0.2, 0) is 0 Å². The Bertz CT molecular complexity index is 499. The predicted molar refractivity (Wildman–Crippen MR) is 64.1 cm³/mol. The SMILES string of the molecule is C1=CCCC1.Nc1nc(Cl)c2[nH]cnc2n1. The van der Waals surface area contributed by atoms with Crippen LogP contribution >= 0.6 is 11.6 Å². The number of allylic oxidation sites excluding steroid dienone is 2. The van der Waals surface area contributed by atoms with E-state index < -0.39 is 0 Å². The number of nitrogens with one attached hydrogen (secondary N) is 1. The van der Waals surface area contributed by atoms with Gasteiger partial charge in [0.05, 0.1) is 6.33 Å². The Hall–Kier alpha value is -1.62. The second-order valence-electron chi connectivity index (χ2n) is 3.38. The van der Waals surface area contributed by atoms with Gasteiger partial charge in [-0.2, -0.15) is 9.97 Å². The highest BCUT2D eigenvalue weighted by molar-refractivity contribution is 6.33. The maximum atomic E-state index is 5.70. The minimum atomic E-state index is 0.134. The number of rotatable bonds is 0. The number of H-pyrrole nitrogens is 1. The molecule has 16 heavy (non-hydrogen) atoms. The molecule has 6 heteroatoms. The fraction of sp³-hybridized carbons (Fsp3) is 0.300. The second kappa shape index (κ2) is 4.94. The zero-order valence-electron chi connectivity index (χ0n) is 8.65. The van der Waals surface area contributed by atoms with Gasteiger partial charge in [0.15, 0.2) is 10.8 Å². The summed E-state index contributed by atoms with van der Waals surface area (Å²) in [6.45, 7) is 0. The zero-order chi connectivity index (χ0) is 11.4. The number of hydrogen-bond acceptors (Lipinski definition) is 4. The summed E-state index contributed by atoms with van der Waals surface area (Å²) in [6, 6.07) is 0. The fourth-order valence-electron chi connectivity index (χ4n) is 1.40. The van der Waals surface area contributed by atoms with Crippen molar-refractivity contribution in [2.45, 2.75) is 19.3 Å². The van der Waals surface area contributed by atoms with Crippen LogP contribution in [0.3, 0.4) is 0 Å². The first-order valence-corrected chi connectivity index (χ1v) is 5.42. The molecule has 3 N–H and O–H groups in total. The van der Waals surface area contributed by atoms with E-state index in [1.54, 1.807) is 0 Å². The molecular weight excluding hydrogens is 226 g/mol. The molecule has 0 fully saturated rings. The van der Waals surface area contributed by atoms with Crippen LogP contribution < -0.4 is 5.73 Å². The van der Waals surface area contributed by atoms with Crippen molar-refractivity contribution >= 4 is 28.7 Å². The largest absolute Gasteiger partial charge is 0.368 e. The first kappa shape index (κ1) is 10.9. The van der Waals surface area contributed by atoms with Gasteiger partial charge < -0.3 is 10.7 Å². The average Bonchev–Trinajstić information content (AvgIpc) is 2.90. The fourth-order valence-corrected chi connectivity index (χ4v) is 1.63. The third-order valence-corrected chi connectivity index (χ3v) is 2.44. The Kier molecular flexibility index (Phi) is 3.36. The molecule has 0 aromatic carbocycles. The van der Waals surface area contributed by atoms with Crippen molar-refractivity contribution in [1.29, 1.82) is 0 Å². The van der Waals surface area contributed by atoms with E-state index in [1.807, 2.05) is 0 Å². The summed E-state index contributed by atoms with van der Waals surface area (Å²) in [7, 11) is 0. The molecule has 5 nitrogen and oxygen atoms in total. The van der Waals surface area contributed by atoms with Crippen molar-refractivity contribution in [3.8, 4) is 0 Å². The molecule has 2 aromatic heterocycles. The Balaban J connectivity index is 0.000000162. The van der Waals surface area contributed by atoms with Crippen molar-refractivity contribution in [2.24, 2.45) is 0 Å². The van der Waals surface area contributed by atoms with E-state index in [1.165, 1.54) is 25.6 Å². The Labute approximate surface area is 97.8 Å². The van der Waals surface area contributed by atoms with Gasteiger partial charge in [0, 0.05) is 0 Å². The van der Waals surface area contributed by atoms with E-state index in [9.17, 15) is 0 Å². The number of aromatic amines is 1. The standard InChI is InChI=1S/C5H4ClN5.C5H8/c6-3-2-4(9-1-8-2)11-5(7)10-3;1-2-4-5-3-1/h1H,(H3,7,8,9,10,11);1-2H,3-5H2. The van der Waals surface area contributed by atoms with Crippen molar-refractivity contribution in [1.82, 2.24) is 19.9 Å².